The average Bonchev–Trinajstić information content (AvgIpc) is 2.62. The fourth-order valence-electron chi connectivity index (χ4n) is 2.78. The van der Waals surface area contributed by atoms with E-state index in [2.05, 4.69) is 11.6 Å². The zero-order valence-corrected chi connectivity index (χ0v) is 13.1. The number of benzene rings is 1. The molecule has 0 bridgehead atoms. The third-order valence-corrected chi connectivity index (χ3v) is 5.65. The first-order chi connectivity index (χ1) is 9.92. The summed E-state index contributed by atoms with van der Waals surface area (Å²) < 4.78 is 41.3. The number of nitrogens with one attached hydrogen (secondary N) is 1. The van der Waals surface area contributed by atoms with Gasteiger partial charge in [-0.25, -0.2) is 17.5 Å². The Kier molecular flexibility index (Phi) is 5.35. The highest BCUT2D eigenvalue weighted by Gasteiger charge is 2.25. The molecule has 6 heteroatoms. The Hall–Kier alpha value is -0.980. The SMILES string of the molecule is CC1CCCC(NS(=O)(=O)c2ccc(CN)cc2F)CC1. The second kappa shape index (κ2) is 6.85. The van der Waals surface area contributed by atoms with Crippen LogP contribution in [0.4, 0.5) is 4.39 Å². The predicted octanol–water partition coefficient (Wildman–Crippen LogP) is 2.53. The number of rotatable bonds is 4. The van der Waals surface area contributed by atoms with E-state index in [1.807, 2.05) is 0 Å². The van der Waals surface area contributed by atoms with Crippen LogP contribution in [0.2, 0.25) is 0 Å². The van der Waals surface area contributed by atoms with Crippen molar-refractivity contribution in [2.45, 2.75) is 56.5 Å². The molecule has 0 spiro atoms. The van der Waals surface area contributed by atoms with E-state index in [1.54, 1.807) is 6.07 Å². The summed E-state index contributed by atoms with van der Waals surface area (Å²) in [5, 5.41) is 0. The van der Waals surface area contributed by atoms with Crippen molar-refractivity contribution in [2.75, 3.05) is 0 Å². The summed E-state index contributed by atoms with van der Waals surface area (Å²) in [7, 11) is -3.82. The van der Waals surface area contributed by atoms with E-state index < -0.39 is 15.8 Å². The van der Waals surface area contributed by atoms with Gasteiger partial charge in [-0.3, -0.25) is 0 Å². The second-order valence-electron chi connectivity index (χ2n) is 5.90. The Morgan fingerprint density at radius 3 is 2.71 bits per heavy atom. The van der Waals surface area contributed by atoms with Gasteiger partial charge in [-0.05, 0) is 42.9 Å². The molecule has 1 saturated carbocycles. The van der Waals surface area contributed by atoms with Gasteiger partial charge in [0.2, 0.25) is 10.0 Å². The third-order valence-electron chi connectivity index (χ3n) is 4.10. The van der Waals surface area contributed by atoms with Gasteiger partial charge in [-0.15, -0.1) is 0 Å². The smallest absolute Gasteiger partial charge is 0.243 e. The van der Waals surface area contributed by atoms with Crippen molar-refractivity contribution in [2.24, 2.45) is 11.7 Å². The molecule has 118 valence electrons. The fourth-order valence-corrected chi connectivity index (χ4v) is 4.14. The van der Waals surface area contributed by atoms with E-state index in [-0.39, 0.29) is 17.5 Å². The molecule has 1 fully saturated rings. The average molecular weight is 314 g/mol. The van der Waals surface area contributed by atoms with E-state index in [4.69, 9.17) is 5.73 Å². The summed E-state index contributed by atoms with van der Waals surface area (Å²) in [6.07, 6.45) is 4.75. The molecule has 21 heavy (non-hydrogen) atoms. The molecule has 4 nitrogen and oxygen atoms in total. The minimum absolute atomic E-state index is 0.103. The van der Waals surface area contributed by atoms with Crippen LogP contribution in [0.5, 0.6) is 0 Å². The molecule has 0 radical (unpaired) electrons. The Morgan fingerprint density at radius 1 is 1.29 bits per heavy atom. The minimum Gasteiger partial charge on any atom is -0.326 e. The lowest BCUT2D eigenvalue weighted by molar-refractivity contribution is 0.482. The van der Waals surface area contributed by atoms with Gasteiger partial charge in [0.05, 0.1) is 0 Å². The van der Waals surface area contributed by atoms with Gasteiger partial charge < -0.3 is 5.73 Å². The van der Waals surface area contributed by atoms with Crippen LogP contribution in [0, 0.1) is 11.7 Å². The molecule has 0 saturated heterocycles. The van der Waals surface area contributed by atoms with Crippen molar-refractivity contribution < 1.29 is 12.8 Å². The van der Waals surface area contributed by atoms with Crippen molar-refractivity contribution >= 4 is 10.0 Å². The molecule has 1 aliphatic carbocycles. The molecule has 2 unspecified atom stereocenters. The Bertz CT molecular complexity index is 589. The van der Waals surface area contributed by atoms with Gasteiger partial charge in [-0.2, -0.15) is 0 Å². The highest BCUT2D eigenvalue weighted by atomic mass is 32.2. The molecule has 1 aromatic rings. The molecule has 2 atom stereocenters. The number of hydrogen-bond donors (Lipinski definition) is 2. The van der Waals surface area contributed by atoms with Crippen LogP contribution >= 0.6 is 0 Å². The van der Waals surface area contributed by atoms with E-state index in [0.29, 0.717) is 11.5 Å². The number of halogens is 1. The minimum atomic E-state index is -3.82. The van der Waals surface area contributed by atoms with Crippen molar-refractivity contribution in [1.29, 1.82) is 0 Å². The molecule has 0 aliphatic heterocycles. The van der Waals surface area contributed by atoms with Gasteiger partial charge in [0.1, 0.15) is 10.7 Å². The van der Waals surface area contributed by atoms with Crippen molar-refractivity contribution in [3.8, 4) is 0 Å². The van der Waals surface area contributed by atoms with Crippen molar-refractivity contribution in [3.05, 3.63) is 29.6 Å². The number of nitrogens with two attached hydrogens (primary N) is 1. The fraction of sp³-hybridized carbons (Fsp3) is 0.600. The Morgan fingerprint density at radius 2 is 2.05 bits per heavy atom. The summed E-state index contributed by atoms with van der Waals surface area (Å²) in [5.41, 5.74) is 6.00. The molecule has 1 aliphatic rings. The lowest BCUT2D eigenvalue weighted by atomic mass is 10.0. The molecular weight excluding hydrogens is 291 g/mol. The second-order valence-corrected chi connectivity index (χ2v) is 7.58. The van der Waals surface area contributed by atoms with Crippen LogP contribution in [-0.2, 0) is 16.6 Å². The van der Waals surface area contributed by atoms with Crippen molar-refractivity contribution in [1.82, 2.24) is 4.72 Å². The van der Waals surface area contributed by atoms with Gasteiger partial charge >= 0.3 is 0 Å². The molecular formula is C15H23FN2O2S. The highest BCUT2D eigenvalue weighted by Crippen LogP contribution is 2.24. The van der Waals surface area contributed by atoms with Crippen LogP contribution in [0.25, 0.3) is 0 Å². The molecule has 0 amide bonds. The van der Waals surface area contributed by atoms with Gasteiger partial charge in [0.25, 0.3) is 0 Å². The molecule has 3 N–H and O–H groups in total. The van der Waals surface area contributed by atoms with Gasteiger partial charge in [0.15, 0.2) is 0 Å². The standard InChI is InChI=1S/C15H23FN2O2S/c1-11-3-2-4-13(7-5-11)18-21(19,20)15-8-6-12(10-17)9-14(15)16/h6,8-9,11,13,18H,2-5,7,10,17H2,1H3. The lowest BCUT2D eigenvalue weighted by Gasteiger charge is -2.17. The maximum Gasteiger partial charge on any atom is 0.243 e. The van der Waals surface area contributed by atoms with Gasteiger partial charge in [-0.1, -0.05) is 25.8 Å². The summed E-state index contributed by atoms with van der Waals surface area (Å²) in [6, 6.07) is 3.92. The van der Waals surface area contributed by atoms with E-state index >= 15 is 0 Å². The first kappa shape index (κ1) is 16.4. The number of hydrogen-bond acceptors (Lipinski definition) is 3. The van der Waals surface area contributed by atoms with Gasteiger partial charge in [0, 0.05) is 12.6 Å². The first-order valence-electron chi connectivity index (χ1n) is 7.43. The van der Waals surface area contributed by atoms with E-state index in [0.717, 1.165) is 32.1 Å². The predicted molar refractivity (Wildman–Crippen MR) is 80.6 cm³/mol. The van der Waals surface area contributed by atoms with Crippen LogP contribution < -0.4 is 10.5 Å². The zero-order valence-electron chi connectivity index (χ0n) is 12.3. The topological polar surface area (TPSA) is 72.2 Å². The summed E-state index contributed by atoms with van der Waals surface area (Å²) in [4.78, 5) is -0.294. The maximum atomic E-state index is 14.0. The summed E-state index contributed by atoms with van der Waals surface area (Å²) in [5.74, 6) is -0.118. The molecule has 1 aromatic carbocycles. The first-order valence-corrected chi connectivity index (χ1v) is 8.91. The van der Waals surface area contributed by atoms with Crippen LogP contribution in [0.15, 0.2) is 23.1 Å². The quantitative estimate of drug-likeness (QED) is 0.839. The zero-order chi connectivity index (χ0) is 15.5. The summed E-state index contributed by atoms with van der Waals surface area (Å²) in [6.45, 7) is 2.37. The Balaban J connectivity index is 2.14. The van der Waals surface area contributed by atoms with E-state index in [1.165, 1.54) is 12.1 Å². The van der Waals surface area contributed by atoms with Crippen molar-refractivity contribution in [3.63, 3.8) is 0 Å². The third kappa shape index (κ3) is 4.25. The highest BCUT2D eigenvalue weighted by molar-refractivity contribution is 7.89. The summed E-state index contributed by atoms with van der Waals surface area (Å²) >= 11 is 0. The van der Waals surface area contributed by atoms with E-state index in [9.17, 15) is 12.8 Å². The Labute approximate surface area is 126 Å². The maximum absolute atomic E-state index is 14.0. The molecule has 2 rings (SSSR count). The van der Waals surface area contributed by atoms with Crippen LogP contribution in [-0.4, -0.2) is 14.5 Å². The van der Waals surface area contributed by atoms with Crippen LogP contribution in [0.3, 0.4) is 0 Å². The van der Waals surface area contributed by atoms with Crippen LogP contribution in [0.1, 0.15) is 44.6 Å². The monoisotopic (exact) mass is 314 g/mol. The molecule has 0 heterocycles. The largest absolute Gasteiger partial charge is 0.326 e. The lowest BCUT2D eigenvalue weighted by Crippen LogP contribution is -2.35. The number of sulfonamides is 1. The molecule has 0 aromatic heterocycles. The normalized spacial score (nSPS) is 23.8.